The highest BCUT2D eigenvalue weighted by Crippen LogP contribution is 2.43. The van der Waals surface area contributed by atoms with E-state index >= 15 is 0 Å². The van der Waals surface area contributed by atoms with E-state index in [4.69, 9.17) is 0 Å². The Morgan fingerprint density at radius 2 is 1.96 bits per heavy atom. The summed E-state index contributed by atoms with van der Waals surface area (Å²) in [5.74, 6) is -0.443. The normalized spacial score (nSPS) is 15.4. The average molecular weight is 379 g/mol. The predicted octanol–water partition coefficient (Wildman–Crippen LogP) is 4.61. The number of H-pyrrole nitrogens is 1. The number of nitrogens with zero attached hydrogens (tertiary/aromatic N) is 1. The minimum Gasteiger partial charge on any atom is -0.391 e. The molecule has 1 aromatic carbocycles. The number of aromatic nitrogens is 2. The van der Waals surface area contributed by atoms with E-state index in [1.165, 1.54) is 6.07 Å². The molecule has 2 aromatic heterocycles. The largest absolute Gasteiger partial charge is 0.391 e. The summed E-state index contributed by atoms with van der Waals surface area (Å²) in [6.07, 6.45) is 4.56. The molecule has 0 amide bonds. The molecular weight excluding hydrogens is 357 g/mol. The Bertz CT molecular complexity index is 1040. The van der Waals surface area contributed by atoms with Crippen molar-refractivity contribution < 1.29 is 14.3 Å². The molecule has 5 nitrogen and oxygen atoms in total. The van der Waals surface area contributed by atoms with Gasteiger partial charge in [0.05, 0.1) is 23.6 Å². The lowest BCUT2D eigenvalue weighted by Gasteiger charge is -2.28. The van der Waals surface area contributed by atoms with E-state index in [2.05, 4.69) is 29.1 Å². The van der Waals surface area contributed by atoms with Crippen LogP contribution in [0.4, 0.5) is 15.8 Å². The van der Waals surface area contributed by atoms with Crippen LogP contribution >= 0.6 is 0 Å². The number of benzene rings is 1. The van der Waals surface area contributed by atoms with E-state index < -0.39 is 12.4 Å². The van der Waals surface area contributed by atoms with Crippen LogP contribution in [0.3, 0.4) is 0 Å². The molecule has 0 unspecified atom stereocenters. The number of Topliss-reactive ketones (excluding diaryl/α,β-unsaturated/α-hetero) is 1. The summed E-state index contributed by atoms with van der Waals surface area (Å²) in [6, 6.07) is 8.29. The maximum absolute atomic E-state index is 14.1. The van der Waals surface area contributed by atoms with Gasteiger partial charge in [-0.1, -0.05) is 19.9 Å². The lowest BCUT2D eigenvalue weighted by atomic mass is 9.76. The topological polar surface area (TPSA) is 78.0 Å². The van der Waals surface area contributed by atoms with Crippen LogP contribution in [-0.2, 0) is 13.0 Å². The van der Waals surface area contributed by atoms with Gasteiger partial charge in [-0.05, 0) is 36.1 Å². The Balaban J connectivity index is 1.90. The highest BCUT2D eigenvalue weighted by molar-refractivity contribution is 6.07. The Hall–Kier alpha value is -2.99. The van der Waals surface area contributed by atoms with Crippen molar-refractivity contribution in [2.45, 2.75) is 33.3 Å². The molecule has 0 spiro atoms. The first-order valence-corrected chi connectivity index (χ1v) is 9.23. The first kappa shape index (κ1) is 18.4. The van der Waals surface area contributed by atoms with E-state index in [-0.39, 0.29) is 16.8 Å². The van der Waals surface area contributed by atoms with Crippen LogP contribution in [-0.4, -0.2) is 20.9 Å². The molecule has 0 radical (unpaired) electrons. The molecule has 1 aliphatic rings. The van der Waals surface area contributed by atoms with E-state index in [0.717, 1.165) is 23.4 Å². The molecule has 3 aromatic rings. The zero-order chi connectivity index (χ0) is 19.9. The van der Waals surface area contributed by atoms with Crippen molar-refractivity contribution in [2.75, 3.05) is 5.32 Å². The number of aromatic amines is 1. The van der Waals surface area contributed by atoms with Gasteiger partial charge in [-0.15, -0.1) is 0 Å². The number of halogens is 1. The molecule has 0 bridgehead atoms. The number of aliphatic hydroxyl groups excluding tert-OH is 1. The molecule has 0 saturated heterocycles. The SMILES string of the molecule is CC1(C)CC(=O)c2c([nH]c(-c3ccncc3)c2Nc2cccc(F)c2CO)C1. The number of pyridine rings is 1. The van der Waals surface area contributed by atoms with Gasteiger partial charge in [0.15, 0.2) is 5.78 Å². The quantitative estimate of drug-likeness (QED) is 0.619. The second kappa shape index (κ2) is 6.87. The minimum atomic E-state index is -0.491. The third-order valence-corrected chi connectivity index (χ3v) is 5.16. The molecular formula is C22H22FN3O2. The van der Waals surface area contributed by atoms with Crippen molar-refractivity contribution in [3.63, 3.8) is 0 Å². The van der Waals surface area contributed by atoms with Gasteiger partial charge in [-0.25, -0.2) is 4.39 Å². The van der Waals surface area contributed by atoms with Crippen LogP contribution in [0.15, 0.2) is 42.7 Å². The number of aliphatic hydroxyl groups is 1. The number of nitrogens with one attached hydrogen (secondary N) is 2. The number of rotatable bonds is 4. The zero-order valence-corrected chi connectivity index (χ0v) is 15.8. The van der Waals surface area contributed by atoms with Crippen LogP contribution in [0.1, 0.15) is 41.9 Å². The summed E-state index contributed by atoms with van der Waals surface area (Å²) in [5, 5.41) is 12.8. The van der Waals surface area contributed by atoms with Crippen LogP contribution in [0.5, 0.6) is 0 Å². The fourth-order valence-electron chi connectivity index (χ4n) is 3.89. The fraction of sp³-hybridized carbons (Fsp3) is 0.273. The van der Waals surface area contributed by atoms with Crippen molar-refractivity contribution >= 4 is 17.2 Å². The molecule has 0 atom stereocenters. The molecule has 0 saturated carbocycles. The van der Waals surface area contributed by atoms with Crippen molar-refractivity contribution in [3.8, 4) is 11.3 Å². The van der Waals surface area contributed by atoms with E-state index in [0.29, 0.717) is 23.4 Å². The van der Waals surface area contributed by atoms with Gasteiger partial charge in [0.2, 0.25) is 0 Å². The van der Waals surface area contributed by atoms with Gasteiger partial charge in [0.1, 0.15) is 5.82 Å². The second-order valence-electron chi connectivity index (χ2n) is 7.95. The number of anilines is 2. The number of hydrogen-bond acceptors (Lipinski definition) is 4. The summed E-state index contributed by atoms with van der Waals surface area (Å²) in [7, 11) is 0. The first-order valence-electron chi connectivity index (χ1n) is 9.23. The molecule has 3 N–H and O–H groups in total. The van der Waals surface area contributed by atoms with Gasteiger partial charge in [-0.2, -0.15) is 0 Å². The Morgan fingerprint density at radius 1 is 1.21 bits per heavy atom. The van der Waals surface area contributed by atoms with E-state index in [1.54, 1.807) is 24.5 Å². The lowest BCUT2D eigenvalue weighted by molar-refractivity contribution is 0.0912. The van der Waals surface area contributed by atoms with Gasteiger partial charge in [0.25, 0.3) is 0 Å². The van der Waals surface area contributed by atoms with E-state index in [9.17, 15) is 14.3 Å². The summed E-state index contributed by atoms with van der Waals surface area (Å²) >= 11 is 0. The Labute approximate surface area is 162 Å². The van der Waals surface area contributed by atoms with Crippen LogP contribution in [0, 0.1) is 11.2 Å². The first-order chi connectivity index (χ1) is 13.4. The van der Waals surface area contributed by atoms with Crippen molar-refractivity contribution in [3.05, 3.63) is 65.4 Å². The summed E-state index contributed by atoms with van der Waals surface area (Å²) in [5.41, 5.74) is 4.21. The van der Waals surface area contributed by atoms with Gasteiger partial charge in [0, 0.05) is 41.3 Å². The summed E-state index contributed by atoms with van der Waals surface area (Å²) in [6.45, 7) is 3.71. The second-order valence-corrected chi connectivity index (χ2v) is 7.95. The molecule has 6 heteroatoms. The molecule has 2 heterocycles. The smallest absolute Gasteiger partial charge is 0.167 e. The van der Waals surface area contributed by atoms with Crippen LogP contribution < -0.4 is 5.32 Å². The summed E-state index contributed by atoms with van der Waals surface area (Å²) in [4.78, 5) is 20.5. The van der Waals surface area contributed by atoms with Crippen molar-refractivity contribution in [2.24, 2.45) is 5.41 Å². The zero-order valence-electron chi connectivity index (χ0n) is 15.8. The summed E-state index contributed by atoms with van der Waals surface area (Å²) < 4.78 is 14.1. The molecule has 28 heavy (non-hydrogen) atoms. The highest BCUT2D eigenvalue weighted by atomic mass is 19.1. The minimum absolute atomic E-state index is 0.0484. The highest BCUT2D eigenvalue weighted by Gasteiger charge is 2.35. The predicted molar refractivity (Wildman–Crippen MR) is 106 cm³/mol. The molecule has 1 aliphatic carbocycles. The molecule has 144 valence electrons. The number of carbonyl (C=O) groups is 1. The van der Waals surface area contributed by atoms with Crippen LogP contribution in [0.25, 0.3) is 11.3 Å². The third kappa shape index (κ3) is 3.20. The maximum Gasteiger partial charge on any atom is 0.167 e. The van der Waals surface area contributed by atoms with Gasteiger partial charge < -0.3 is 15.4 Å². The molecule has 4 rings (SSSR count). The van der Waals surface area contributed by atoms with E-state index in [1.807, 2.05) is 12.1 Å². The molecule has 0 fully saturated rings. The Kier molecular flexibility index (Phi) is 4.51. The van der Waals surface area contributed by atoms with Crippen molar-refractivity contribution in [1.29, 1.82) is 0 Å². The lowest BCUT2D eigenvalue weighted by Crippen LogP contribution is -2.26. The Morgan fingerprint density at radius 3 is 2.68 bits per heavy atom. The standard InChI is InChI=1S/C22H22FN3O2/c1-22(2)10-17-19(18(28)11-22)21(20(26-17)13-6-8-24-9-7-13)25-16-5-3-4-15(23)14(16)12-27/h3-9,25-27H,10-12H2,1-2H3. The molecule has 0 aliphatic heterocycles. The van der Waals surface area contributed by atoms with Crippen molar-refractivity contribution in [1.82, 2.24) is 9.97 Å². The number of carbonyl (C=O) groups excluding carboxylic acids is 1. The fourth-order valence-corrected chi connectivity index (χ4v) is 3.89. The maximum atomic E-state index is 14.1. The number of hydrogen-bond donors (Lipinski definition) is 3. The van der Waals surface area contributed by atoms with Crippen LogP contribution in [0.2, 0.25) is 0 Å². The van der Waals surface area contributed by atoms with Gasteiger partial charge >= 0.3 is 0 Å². The van der Waals surface area contributed by atoms with Gasteiger partial charge in [-0.3, -0.25) is 9.78 Å². The number of ketones is 1. The monoisotopic (exact) mass is 379 g/mol. The number of fused-ring (bicyclic) bond motifs is 1. The third-order valence-electron chi connectivity index (χ3n) is 5.16. The average Bonchev–Trinajstić information content (AvgIpc) is 3.00.